The second-order valence-corrected chi connectivity index (χ2v) is 24.9. The number of aryl methyl sites for hydroxylation is 1. The molecule has 3 aliphatic carbocycles. The van der Waals surface area contributed by atoms with Gasteiger partial charge in [-0.25, -0.2) is 0 Å². The van der Waals surface area contributed by atoms with E-state index in [9.17, 15) is 13.2 Å². The summed E-state index contributed by atoms with van der Waals surface area (Å²) in [7, 11) is 0. The maximum Gasteiger partial charge on any atom is 0.416 e. The summed E-state index contributed by atoms with van der Waals surface area (Å²) in [5.41, 5.74) is 19.0. The van der Waals surface area contributed by atoms with Crippen LogP contribution in [0.2, 0.25) is 0 Å². The molecular formula is C75H65F3N2. The molecule has 5 heteroatoms. The highest BCUT2D eigenvalue weighted by atomic mass is 19.4. The third kappa shape index (κ3) is 6.61. The summed E-state index contributed by atoms with van der Waals surface area (Å²) in [6.07, 6.45) is 4.52. The standard InChI is InChI=1S/C75H65F3N2/c1-48-24-32-56(33-25-48)79-66-39-29-52(47-65(66)71(3)41-14-16-42-72(71,79)4)50-27-37-61-63(45-50)74(53-18-8-6-9-19-53,54-20-10-7-11-21-54)69-60-36-26-49(44-62(60)58-22-12-13-23-59(58)68(61)69)51-28-38-67-64(46-51)70(2)40-15-17-43-73(70,5)80(67)57-34-30-55(31-35-57)75(76,77)78/h6-13,18-39,44-47H,14-17,40-43H2,1-5H3. The van der Waals surface area contributed by atoms with Crippen molar-refractivity contribution in [2.24, 2.45) is 0 Å². The highest BCUT2D eigenvalue weighted by Crippen LogP contribution is 2.65. The quantitative estimate of drug-likeness (QED) is 0.153. The van der Waals surface area contributed by atoms with E-state index in [1.807, 2.05) is 0 Å². The molecule has 4 atom stereocenters. The molecule has 15 rings (SSSR count). The molecule has 0 radical (unpaired) electrons. The molecule has 0 amide bonds. The summed E-state index contributed by atoms with van der Waals surface area (Å²) in [6.45, 7) is 12.0. The molecule has 2 fully saturated rings. The van der Waals surface area contributed by atoms with Crippen LogP contribution >= 0.6 is 0 Å². The van der Waals surface area contributed by atoms with E-state index in [0.29, 0.717) is 0 Å². The van der Waals surface area contributed by atoms with Gasteiger partial charge in [0.15, 0.2) is 0 Å². The fraction of sp³-hybridized carbons (Fsp3) is 0.253. The molecule has 80 heavy (non-hydrogen) atoms. The second-order valence-electron chi connectivity index (χ2n) is 24.9. The lowest BCUT2D eigenvalue weighted by molar-refractivity contribution is -0.137. The molecule has 0 saturated heterocycles. The van der Waals surface area contributed by atoms with E-state index in [1.54, 1.807) is 12.1 Å². The summed E-state index contributed by atoms with van der Waals surface area (Å²) in [5, 5.41) is 4.90. The molecule has 10 aromatic carbocycles. The molecule has 2 nitrogen and oxygen atoms in total. The van der Waals surface area contributed by atoms with Crippen LogP contribution in [0.5, 0.6) is 0 Å². The van der Waals surface area contributed by atoms with E-state index >= 15 is 0 Å². The molecule has 396 valence electrons. The number of nitrogens with zero attached hydrogens (tertiary/aromatic N) is 2. The normalized spacial score (nSPS) is 23.4. The minimum Gasteiger partial charge on any atom is -0.334 e. The zero-order valence-electron chi connectivity index (χ0n) is 46.3. The van der Waals surface area contributed by atoms with Gasteiger partial charge < -0.3 is 9.80 Å². The lowest BCUT2D eigenvalue weighted by Gasteiger charge is -2.50. The number of fused-ring (bicyclic) bond motifs is 14. The van der Waals surface area contributed by atoms with Gasteiger partial charge in [0.2, 0.25) is 0 Å². The highest BCUT2D eigenvalue weighted by molar-refractivity contribution is 6.20. The second kappa shape index (κ2) is 17.3. The van der Waals surface area contributed by atoms with Gasteiger partial charge in [-0.1, -0.05) is 179 Å². The molecule has 2 heterocycles. The maximum atomic E-state index is 13.9. The first kappa shape index (κ1) is 49.2. The van der Waals surface area contributed by atoms with E-state index in [0.717, 1.165) is 61.0 Å². The van der Waals surface area contributed by atoms with Crippen LogP contribution in [0.4, 0.5) is 35.9 Å². The molecule has 5 aliphatic rings. The van der Waals surface area contributed by atoms with Crippen LogP contribution in [0.1, 0.15) is 124 Å². The Bertz CT molecular complexity index is 4110. The fourth-order valence-corrected chi connectivity index (χ4v) is 16.7. The van der Waals surface area contributed by atoms with Crippen molar-refractivity contribution in [2.75, 3.05) is 9.80 Å². The zero-order valence-corrected chi connectivity index (χ0v) is 46.3. The molecule has 2 aliphatic heterocycles. The molecule has 10 aromatic rings. The molecule has 0 aromatic heterocycles. The van der Waals surface area contributed by atoms with Crippen molar-refractivity contribution >= 4 is 44.3 Å². The Labute approximate surface area is 468 Å². The third-order valence-corrected chi connectivity index (χ3v) is 21.1. The highest BCUT2D eigenvalue weighted by Gasteiger charge is 2.59. The smallest absolute Gasteiger partial charge is 0.334 e. The Morgan fingerprint density at radius 3 is 1.39 bits per heavy atom. The van der Waals surface area contributed by atoms with Crippen LogP contribution in [-0.4, -0.2) is 11.1 Å². The third-order valence-electron chi connectivity index (χ3n) is 21.1. The Balaban J connectivity index is 0.924. The largest absolute Gasteiger partial charge is 0.416 e. The van der Waals surface area contributed by atoms with Gasteiger partial charge in [-0.15, -0.1) is 0 Å². The van der Waals surface area contributed by atoms with Crippen LogP contribution in [0, 0.1) is 6.92 Å². The predicted octanol–water partition coefficient (Wildman–Crippen LogP) is 20.5. The van der Waals surface area contributed by atoms with E-state index in [1.165, 1.54) is 119 Å². The number of anilines is 4. The molecule has 0 bridgehead atoms. The van der Waals surface area contributed by atoms with Crippen LogP contribution in [0.25, 0.3) is 54.9 Å². The predicted molar refractivity (Wildman–Crippen MR) is 325 cm³/mol. The van der Waals surface area contributed by atoms with Crippen molar-refractivity contribution in [2.45, 2.75) is 119 Å². The van der Waals surface area contributed by atoms with Gasteiger partial charge in [-0.3, -0.25) is 0 Å². The summed E-state index contributed by atoms with van der Waals surface area (Å²) in [4.78, 5) is 5.04. The van der Waals surface area contributed by atoms with Gasteiger partial charge >= 0.3 is 6.18 Å². The summed E-state index contributed by atoms with van der Waals surface area (Å²) >= 11 is 0. The van der Waals surface area contributed by atoms with Crippen LogP contribution < -0.4 is 9.80 Å². The van der Waals surface area contributed by atoms with Gasteiger partial charge in [-0.2, -0.15) is 13.2 Å². The average molecular weight is 1050 g/mol. The van der Waals surface area contributed by atoms with Crippen molar-refractivity contribution in [3.63, 3.8) is 0 Å². The number of alkyl halides is 3. The summed E-state index contributed by atoms with van der Waals surface area (Å²) in [5.74, 6) is 0. The lowest BCUT2D eigenvalue weighted by Crippen LogP contribution is -2.54. The summed E-state index contributed by atoms with van der Waals surface area (Å²) in [6, 6.07) is 75.2. The average Bonchev–Trinajstić information content (AvgIpc) is 4.17. The molecule has 4 unspecified atom stereocenters. The van der Waals surface area contributed by atoms with Gasteiger partial charge in [0.1, 0.15) is 0 Å². The first-order valence-corrected chi connectivity index (χ1v) is 29.1. The van der Waals surface area contributed by atoms with Gasteiger partial charge in [0, 0.05) is 33.6 Å². The molecule has 2 saturated carbocycles. The van der Waals surface area contributed by atoms with E-state index in [2.05, 4.69) is 226 Å². The SMILES string of the molecule is Cc1ccc(N2c3ccc(-c4ccc5c(c4)C(c4ccccc4)(c4ccccc4)c4c-5c5ccccc5c5cc(-c6ccc7c(c6)C6(C)CCCCC6(C)N7c6ccc(C(F)(F)F)cc6)ccc45)cc3C3(C)CCCCC23C)cc1. The number of hydrogen-bond acceptors (Lipinski definition) is 2. The van der Waals surface area contributed by atoms with Gasteiger partial charge in [-0.05, 0) is 208 Å². The van der Waals surface area contributed by atoms with Crippen molar-refractivity contribution in [1.29, 1.82) is 0 Å². The molecule has 0 N–H and O–H groups in total. The van der Waals surface area contributed by atoms with E-state index < -0.39 is 17.2 Å². The fourth-order valence-electron chi connectivity index (χ4n) is 16.7. The van der Waals surface area contributed by atoms with E-state index in [4.69, 9.17) is 0 Å². The van der Waals surface area contributed by atoms with Gasteiger partial charge in [0.25, 0.3) is 0 Å². The van der Waals surface area contributed by atoms with Crippen LogP contribution in [-0.2, 0) is 22.4 Å². The zero-order chi connectivity index (χ0) is 54.6. The van der Waals surface area contributed by atoms with Crippen LogP contribution in [0.3, 0.4) is 0 Å². The Kier molecular flexibility index (Phi) is 10.6. The van der Waals surface area contributed by atoms with Gasteiger partial charge in [0.05, 0.1) is 22.1 Å². The first-order chi connectivity index (χ1) is 38.7. The topological polar surface area (TPSA) is 6.48 Å². The summed E-state index contributed by atoms with van der Waals surface area (Å²) < 4.78 is 41.6. The van der Waals surface area contributed by atoms with Crippen molar-refractivity contribution < 1.29 is 13.2 Å². The maximum absolute atomic E-state index is 13.9. The first-order valence-electron chi connectivity index (χ1n) is 29.1. The number of benzene rings is 10. The number of hydrogen-bond donors (Lipinski definition) is 0. The van der Waals surface area contributed by atoms with E-state index in [-0.39, 0.29) is 21.9 Å². The number of halogens is 3. The van der Waals surface area contributed by atoms with Crippen molar-refractivity contribution in [1.82, 2.24) is 0 Å². The Morgan fingerprint density at radius 1 is 0.400 bits per heavy atom. The number of rotatable bonds is 6. The Hall–Kier alpha value is -7.89. The van der Waals surface area contributed by atoms with Crippen LogP contribution in [0.15, 0.2) is 206 Å². The molecule has 0 spiro atoms. The lowest BCUT2D eigenvalue weighted by atomic mass is 9.61. The molecular weight excluding hydrogens is 986 g/mol. The van der Waals surface area contributed by atoms with Crippen molar-refractivity contribution in [3.8, 4) is 33.4 Å². The van der Waals surface area contributed by atoms with Crippen molar-refractivity contribution in [3.05, 3.63) is 251 Å². The minimum atomic E-state index is -4.39. The minimum absolute atomic E-state index is 0.0209. The Morgan fingerprint density at radius 2 is 0.850 bits per heavy atom. The monoisotopic (exact) mass is 1050 g/mol.